The highest BCUT2D eigenvalue weighted by Crippen LogP contribution is 2.33. The number of rotatable bonds is 5. The zero-order valence-electron chi connectivity index (χ0n) is 16.2. The Morgan fingerprint density at radius 2 is 1.93 bits per heavy atom. The smallest absolute Gasteiger partial charge is 0.227 e. The Hall–Kier alpha value is -1.47. The minimum atomic E-state index is 0.0924. The summed E-state index contributed by atoms with van der Waals surface area (Å²) in [5, 5.41) is 2.95. The molecule has 1 aliphatic carbocycles. The molecule has 27 heavy (non-hydrogen) atoms. The number of carbonyl (C=O) groups is 2. The highest BCUT2D eigenvalue weighted by Gasteiger charge is 2.37. The van der Waals surface area contributed by atoms with Crippen LogP contribution in [0.2, 0.25) is 0 Å². The summed E-state index contributed by atoms with van der Waals surface area (Å²) in [4.78, 5) is 35.9. The normalized spacial score (nSPS) is 24.8. The van der Waals surface area contributed by atoms with Gasteiger partial charge in [-0.2, -0.15) is 0 Å². The third kappa shape index (κ3) is 4.51. The second kappa shape index (κ2) is 8.27. The second-order valence-electron chi connectivity index (χ2n) is 8.28. The molecule has 0 spiro atoms. The lowest BCUT2D eigenvalue weighted by atomic mass is 9.93. The van der Waals surface area contributed by atoms with Crippen molar-refractivity contribution < 1.29 is 9.59 Å². The van der Waals surface area contributed by atoms with E-state index in [9.17, 15) is 9.59 Å². The van der Waals surface area contributed by atoms with Crippen LogP contribution in [0.25, 0.3) is 0 Å². The first-order valence-corrected chi connectivity index (χ1v) is 11.2. The lowest BCUT2D eigenvalue weighted by Crippen LogP contribution is -2.51. The van der Waals surface area contributed by atoms with Gasteiger partial charge in [0.15, 0.2) is 0 Å². The summed E-state index contributed by atoms with van der Waals surface area (Å²) in [7, 11) is 1.89. The number of hydrogen-bond donors (Lipinski definition) is 0. The van der Waals surface area contributed by atoms with Crippen LogP contribution >= 0.6 is 11.3 Å². The number of piperidine rings is 2. The van der Waals surface area contributed by atoms with Gasteiger partial charge in [-0.25, -0.2) is 4.98 Å². The van der Waals surface area contributed by atoms with Crippen LogP contribution in [0.1, 0.15) is 43.5 Å². The standard InChI is InChI=1S/C20H30N4O2S/c1-22(14-18-21-8-12-27-18)19(25)16-3-2-9-24(13-16)17-6-10-23(11-7-17)20(26)15-4-5-15/h8,12,15-17H,2-7,9-11,13-14H2,1H3. The Kier molecular flexibility index (Phi) is 5.78. The predicted octanol–water partition coefficient (Wildman–Crippen LogP) is 2.21. The summed E-state index contributed by atoms with van der Waals surface area (Å²) in [5.74, 6) is 1.04. The van der Waals surface area contributed by atoms with Crippen molar-refractivity contribution in [1.82, 2.24) is 19.7 Å². The quantitative estimate of drug-likeness (QED) is 0.774. The molecule has 2 amide bonds. The minimum Gasteiger partial charge on any atom is -0.342 e. The highest BCUT2D eigenvalue weighted by atomic mass is 32.1. The van der Waals surface area contributed by atoms with Crippen molar-refractivity contribution in [2.45, 2.75) is 51.1 Å². The molecule has 6 nitrogen and oxygen atoms in total. The van der Waals surface area contributed by atoms with Gasteiger partial charge in [0, 0.05) is 50.2 Å². The molecule has 3 fully saturated rings. The molecule has 0 radical (unpaired) electrons. The van der Waals surface area contributed by atoms with E-state index in [0.717, 1.165) is 69.7 Å². The van der Waals surface area contributed by atoms with E-state index in [4.69, 9.17) is 0 Å². The van der Waals surface area contributed by atoms with Crippen molar-refractivity contribution in [1.29, 1.82) is 0 Å². The lowest BCUT2D eigenvalue weighted by molar-refractivity contribution is -0.137. The number of likely N-dealkylation sites (tertiary alicyclic amines) is 2. The van der Waals surface area contributed by atoms with Crippen LogP contribution in [0, 0.1) is 11.8 Å². The Morgan fingerprint density at radius 1 is 1.15 bits per heavy atom. The van der Waals surface area contributed by atoms with E-state index in [-0.39, 0.29) is 11.8 Å². The fraction of sp³-hybridized carbons (Fsp3) is 0.750. The van der Waals surface area contributed by atoms with Gasteiger partial charge in [0.1, 0.15) is 5.01 Å². The van der Waals surface area contributed by atoms with E-state index < -0.39 is 0 Å². The van der Waals surface area contributed by atoms with Gasteiger partial charge in [0.05, 0.1) is 12.5 Å². The lowest BCUT2D eigenvalue weighted by Gasteiger charge is -2.42. The predicted molar refractivity (Wildman–Crippen MR) is 105 cm³/mol. The van der Waals surface area contributed by atoms with Crippen molar-refractivity contribution in [3.8, 4) is 0 Å². The Labute approximate surface area is 165 Å². The monoisotopic (exact) mass is 390 g/mol. The first kappa shape index (κ1) is 18.9. The van der Waals surface area contributed by atoms with Crippen LogP contribution in [-0.2, 0) is 16.1 Å². The van der Waals surface area contributed by atoms with Gasteiger partial charge in [0.25, 0.3) is 0 Å². The van der Waals surface area contributed by atoms with Crippen LogP contribution in [0.5, 0.6) is 0 Å². The minimum absolute atomic E-state index is 0.0924. The van der Waals surface area contributed by atoms with Crippen LogP contribution in [-0.4, -0.2) is 70.8 Å². The third-order valence-electron chi connectivity index (χ3n) is 6.25. The summed E-state index contributed by atoms with van der Waals surface area (Å²) in [6.45, 7) is 4.33. The highest BCUT2D eigenvalue weighted by molar-refractivity contribution is 7.09. The zero-order chi connectivity index (χ0) is 18.8. The Morgan fingerprint density at radius 3 is 2.59 bits per heavy atom. The number of hydrogen-bond acceptors (Lipinski definition) is 5. The Bertz CT molecular complexity index is 653. The molecule has 1 aromatic rings. The summed E-state index contributed by atoms with van der Waals surface area (Å²) >= 11 is 1.60. The average molecular weight is 391 g/mol. The van der Waals surface area contributed by atoms with Crippen LogP contribution < -0.4 is 0 Å². The fourth-order valence-electron chi connectivity index (χ4n) is 4.50. The molecule has 1 saturated carbocycles. The number of carbonyl (C=O) groups excluding carboxylic acids is 2. The van der Waals surface area contributed by atoms with E-state index in [1.165, 1.54) is 0 Å². The van der Waals surface area contributed by atoms with Gasteiger partial charge in [-0.1, -0.05) is 0 Å². The van der Waals surface area contributed by atoms with E-state index >= 15 is 0 Å². The molecule has 3 heterocycles. The molecular formula is C20H30N4O2S. The summed E-state index contributed by atoms with van der Waals surface area (Å²) in [6, 6.07) is 0.521. The average Bonchev–Trinajstić information content (AvgIpc) is 3.44. The molecule has 3 aliphatic rings. The molecule has 0 bridgehead atoms. The molecule has 0 N–H and O–H groups in total. The number of thiazole rings is 1. The molecule has 2 aliphatic heterocycles. The molecule has 4 rings (SSSR count). The maximum atomic E-state index is 12.9. The van der Waals surface area contributed by atoms with Gasteiger partial charge < -0.3 is 9.80 Å². The third-order valence-corrected chi connectivity index (χ3v) is 7.02. The van der Waals surface area contributed by atoms with Crippen molar-refractivity contribution in [2.75, 3.05) is 33.2 Å². The molecule has 2 saturated heterocycles. The maximum absolute atomic E-state index is 12.9. The van der Waals surface area contributed by atoms with E-state index in [1.54, 1.807) is 17.5 Å². The first-order valence-electron chi connectivity index (χ1n) is 10.3. The van der Waals surface area contributed by atoms with Crippen LogP contribution in [0.3, 0.4) is 0 Å². The molecular weight excluding hydrogens is 360 g/mol. The summed E-state index contributed by atoms with van der Waals surface area (Å²) in [6.07, 6.45) is 8.13. The van der Waals surface area contributed by atoms with Crippen LogP contribution in [0.15, 0.2) is 11.6 Å². The van der Waals surface area contributed by atoms with E-state index in [1.807, 2.05) is 17.3 Å². The number of amides is 2. The van der Waals surface area contributed by atoms with Crippen LogP contribution in [0.4, 0.5) is 0 Å². The molecule has 1 atom stereocenters. The SMILES string of the molecule is CN(Cc1nccs1)C(=O)C1CCCN(C2CCN(C(=O)C3CC3)CC2)C1. The number of nitrogens with zero attached hydrogens (tertiary/aromatic N) is 4. The van der Waals surface area contributed by atoms with Gasteiger partial charge in [-0.3, -0.25) is 14.5 Å². The molecule has 7 heteroatoms. The maximum Gasteiger partial charge on any atom is 0.227 e. The molecule has 148 valence electrons. The topological polar surface area (TPSA) is 56.8 Å². The van der Waals surface area contributed by atoms with Gasteiger partial charge in [-0.15, -0.1) is 11.3 Å². The van der Waals surface area contributed by atoms with Crippen molar-refractivity contribution in [2.24, 2.45) is 11.8 Å². The van der Waals surface area contributed by atoms with Gasteiger partial charge >= 0.3 is 0 Å². The second-order valence-corrected chi connectivity index (χ2v) is 9.26. The van der Waals surface area contributed by atoms with Crippen molar-refractivity contribution in [3.63, 3.8) is 0 Å². The summed E-state index contributed by atoms with van der Waals surface area (Å²) in [5.41, 5.74) is 0. The van der Waals surface area contributed by atoms with Crippen molar-refractivity contribution in [3.05, 3.63) is 16.6 Å². The Balaban J connectivity index is 1.27. The number of aromatic nitrogens is 1. The van der Waals surface area contributed by atoms with E-state index in [0.29, 0.717) is 24.4 Å². The fourth-order valence-corrected chi connectivity index (χ4v) is 5.17. The molecule has 1 aromatic heterocycles. The zero-order valence-corrected chi connectivity index (χ0v) is 17.0. The van der Waals surface area contributed by atoms with E-state index in [2.05, 4.69) is 14.8 Å². The summed E-state index contributed by atoms with van der Waals surface area (Å²) < 4.78 is 0. The first-order chi connectivity index (χ1) is 13.1. The van der Waals surface area contributed by atoms with Gasteiger partial charge in [0.2, 0.25) is 11.8 Å². The molecule has 0 aromatic carbocycles. The van der Waals surface area contributed by atoms with Gasteiger partial charge in [-0.05, 0) is 45.1 Å². The molecule has 1 unspecified atom stereocenters. The largest absolute Gasteiger partial charge is 0.342 e. The van der Waals surface area contributed by atoms with Crippen molar-refractivity contribution >= 4 is 23.2 Å².